The van der Waals surface area contributed by atoms with Gasteiger partial charge in [0.2, 0.25) is 5.78 Å². The molecule has 2 saturated carbocycles. The molecule has 11 rings (SSSR count). The molecule has 0 aromatic heterocycles. The van der Waals surface area contributed by atoms with Crippen molar-refractivity contribution in [2.75, 3.05) is 33.4 Å². The fourth-order valence-electron chi connectivity index (χ4n) is 15.9. The summed E-state index contributed by atoms with van der Waals surface area (Å²) in [6.07, 6.45) is 27.4. The highest BCUT2D eigenvalue weighted by atomic mass is 16.7. The number of dihydropyridines is 2. The highest BCUT2D eigenvalue weighted by molar-refractivity contribution is 6.33. The van der Waals surface area contributed by atoms with E-state index in [-0.39, 0.29) is 72.2 Å². The van der Waals surface area contributed by atoms with Crippen LogP contribution in [0.15, 0.2) is 100 Å². The van der Waals surface area contributed by atoms with Crippen molar-refractivity contribution in [2.45, 2.75) is 159 Å². The van der Waals surface area contributed by atoms with E-state index >= 15 is 14.4 Å². The maximum Gasteiger partial charge on any atom is 0.350 e. The number of ketones is 2. The molecule has 9 N–H and O–H groups in total. The Bertz CT molecular complexity index is 2630. The summed E-state index contributed by atoms with van der Waals surface area (Å²) in [5.41, 5.74) is 9.15. The minimum Gasteiger partial charge on any atom is -0.459 e. The van der Waals surface area contributed by atoms with Crippen molar-refractivity contribution in [3.05, 3.63) is 117 Å². The van der Waals surface area contributed by atoms with Crippen LogP contribution in [0.2, 0.25) is 0 Å². The topological polar surface area (TPSA) is 200 Å². The van der Waals surface area contributed by atoms with Crippen LogP contribution in [0.4, 0.5) is 0 Å². The normalized spacial score (nSPS) is 38.7. The summed E-state index contributed by atoms with van der Waals surface area (Å²) in [5, 5.41) is 39.8. The van der Waals surface area contributed by atoms with E-state index in [9.17, 15) is 10.2 Å². The van der Waals surface area contributed by atoms with Crippen molar-refractivity contribution < 1.29 is 34.1 Å². The number of nitrogens with two attached hydrogens (primary N) is 1. The molecule has 5 aliphatic heterocycles. The zero-order chi connectivity index (χ0) is 50.9. The highest BCUT2D eigenvalue weighted by Crippen LogP contribution is 2.62. The highest BCUT2D eigenvalue weighted by Gasteiger charge is 2.86. The molecule has 13 unspecified atom stereocenters. The monoisotopic (exact) mass is 997 g/mol. The zero-order valence-electron chi connectivity index (χ0n) is 43.6. The van der Waals surface area contributed by atoms with E-state index in [0.717, 1.165) is 106 Å². The molecule has 5 heterocycles. The number of carbonyl (C=O) groups is 3. The van der Waals surface area contributed by atoms with Gasteiger partial charge in [-0.25, -0.2) is 4.79 Å². The van der Waals surface area contributed by atoms with Gasteiger partial charge in [0.15, 0.2) is 11.4 Å². The van der Waals surface area contributed by atoms with Gasteiger partial charge in [0.05, 0.1) is 18.9 Å². The lowest BCUT2D eigenvalue weighted by Crippen LogP contribution is -2.62. The smallest absolute Gasteiger partial charge is 0.350 e. The average Bonchev–Trinajstić information content (AvgIpc) is 4.11. The SMILES string of the molecule is CCNC12C=C3C=CCC4CCCCC(C)(CC5=CNC(N)C=C5)Cc5cccc6c5C(=O)C5(OC5(CC(CO)=C(C)CC5CCC7CC(NC)NC8=C7C5=CCN8)C6=O)C(=O)OC(C(CCO)CC1)C2CC34. The van der Waals surface area contributed by atoms with E-state index in [4.69, 9.17) is 15.2 Å². The summed E-state index contributed by atoms with van der Waals surface area (Å²) < 4.78 is 13.8. The molecule has 13 atom stereocenters. The zero-order valence-corrected chi connectivity index (χ0v) is 43.6. The number of rotatable bonds is 12. The van der Waals surface area contributed by atoms with Gasteiger partial charge >= 0.3 is 5.97 Å². The summed E-state index contributed by atoms with van der Waals surface area (Å²) in [5.74, 6) is 0.339. The van der Waals surface area contributed by atoms with E-state index in [2.05, 4.69) is 70.8 Å². The van der Waals surface area contributed by atoms with Crippen LogP contribution in [-0.2, 0) is 20.7 Å². The molecule has 1 aromatic rings. The molecule has 13 heteroatoms. The number of benzene rings is 1. The predicted octanol–water partition coefficient (Wildman–Crippen LogP) is 7.00. The molecular formula is C60H80N6O7. The maximum absolute atomic E-state index is 16.1. The van der Waals surface area contributed by atoms with Crippen LogP contribution < -0.4 is 32.3 Å². The van der Waals surface area contributed by atoms with Gasteiger partial charge in [-0.3, -0.25) is 9.59 Å². The van der Waals surface area contributed by atoms with Crippen molar-refractivity contribution >= 4 is 17.5 Å². The molecule has 1 saturated heterocycles. The predicted molar refractivity (Wildman–Crippen MR) is 281 cm³/mol. The summed E-state index contributed by atoms with van der Waals surface area (Å²) in [4.78, 5) is 47.7. The summed E-state index contributed by atoms with van der Waals surface area (Å²) >= 11 is 0. The van der Waals surface area contributed by atoms with Crippen LogP contribution in [0.25, 0.3) is 0 Å². The Morgan fingerprint density at radius 1 is 1.03 bits per heavy atom. The Labute approximate surface area is 432 Å². The third-order valence-electron chi connectivity index (χ3n) is 19.6. The van der Waals surface area contributed by atoms with Gasteiger partial charge in [0.1, 0.15) is 11.9 Å². The van der Waals surface area contributed by atoms with Crippen LogP contribution in [0.5, 0.6) is 0 Å². The third kappa shape index (κ3) is 8.66. The van der Waals surface area contributed by atoms with Gasteiger partial charge in [0, 0.05) is 48.4 Å². The van der Waals surface area contributed by atoms with Crippen LogP contribution >= 0.6 is 0 Å². The van der Waals surface area contributed by atoms with Crippen molar-refractivity contribution in [1.29, 1.82) is 0 Å². The second kappa shape index (κ2) is 19.8. The van der Waals surface area contributed by atoms with Crippen LogP contribution in [0, 0.1) is 40.9 Å². The van der Waals surface area contributed by atoms with Gasteiger partial charge in [-0.2, -0.15) is 0 Å². The van der Waals surface area contributed by atoms with Gasteiger partial charge < -0.3 is 52.0 Å². The number of hydrogen-bond acceptors (Lipinski definition) is 13. The lowest BCUT2D eigenvalue weighted by Gasteiger charge is -2.55. The van der Waals surface area contributed by atoms with E-state index in [0.29, 0.717) is 43.1 Å². The van der Waals surface area contributed by atoms with Crippen molar-refractivity contribution in [3.63, 3.8) is 0 Å². The van der Waals surface area contributed by atoms with Gasteiger partial charge in [-0.15, -0.1) is 0 Å². The molecule has 10 aliphatic rings. The number of carbonyl (C=O) groups excluding carboxylic acids is 3. The molecule has 0 radical (unpaired) electrons. The molecule has 392 valence electrons. The van der Waals surface area contributed by atoms with Crippen LogP contribution in [0.1, 0.15) is 143 Å². The van der Waals surface area contributed by atoms with Crippen molar-refractivity contribution in [3.8, 4) is 0 Å². The standard InChI is InChI=1S/C60H80N6O7/c1-5-65-58-23-19-38(21-25-67)52-47(58)28-46-37(11-8-12-41(46)31-58)10-6-7-22-57(3,29-36-15-18-48(61)64-33-36)30-42-13-9-14-45-50(42)54(70)60(56(71)72-52)59(73-60,53(45)69)32-43(34-68)35(2)26-39-16-17-40-27-49(62-4)66-55-51(40)44(39)20-24-63-55/h8-9,12-15,18,20,31,33,37-40,46-49,52,62-68H,5-7,10-11,16-17,19,21-30,32,34,61H2,1-4H3. The van der Waals surface area contributed by atoms with E-state index in [1.54, 1.807) is 6.07 Å². The number of esters is 1. The number of hydrogen-bond donors (Lipinski definition) is 8. The number of aliphatic hydroxyl groups excluding tert-OH is 2. The number of ether oxygens (including phenoxy) is 2. The Balaban J connectivity index is 1.01. The number of allylic oxidation sites excluding steroid dienone is 8. The Morgan fingerprint density at radius 2 is 1.89 bits per heavy atom. The molecule has 13 nitrogen and oxygen atoms in total. The summed E-state index contributed by atoms with van der Waals surface area (Å²) in [6.45, 7) is 7.46. The van der Waals surface area contributed by atoms with Crippen LogP contribution in [0.3, 0.4) is 0 Å². The molecule has 3 fully saturated rings. The first-order chi connectivity index (χ1) is 35.3. The third-order valence-corrected chi connectivity index (χ3v) is 19.6. The maximum atomic E-state index is 16.1. The number of nitrogens with one attached hydrogen (secondary N) is 5. The molecule has 1 aromatic carbocycles. The molecule has 5 aliphatic carbocycles. The molecule has 1 spiro atoms. The first kappa shape index (κ1) is 50.5. The van der Waals surface area contributed by atoms with Gasteiger partial charge in [-0.05, 0) is 178 Å². The number of aliphatic hydroxyl groups is 2. The molecule has 0 amide bonds. The Morgan fingerprint density at radius 3 is 2.67 bits per heavy atom. The van der Waals surface area contributed by atoms with E-state index in [1.165, 1.54) is 16.7 Å². The fourth-order valence-corrected chi connectivity index (χ4v) is 15.9. The number of Topliss-reactive ketones (excluding diaryl/α,β-unsaturated/α-hetero) is 2. The quantitative estimate of drug-likeness (QED) is 0.0462. The summed E-state index contributed by atoms with van der Waals surface area (Å²) in [6, 6.07) is 5.54. The first-order valence-electron chi connectivity index (χ1n) is 28.0. The lowest BCUT2D eigenvalue weighted by molar-refractivity contribution is -0.167. The Hall–Kier alpha value is -4.63. The number of epoxide rings is 1. The Kier molecular flexibility index (Phi) is 13.7. The van der Waals surface area contributed by atoms with Crippen molar-refractivity contribution in [1.82, 2.24) is 26.6 Å². The second-order valence-electron chi connectivity index (χ2n) is 24.0. The average molecular weight is 997 g/mol. The lowest BCUT2D eigenvalue weighted by atomic mass is 9.56. The van der Waals surface area contributed by atoms with E-state index < -0.39 is 40.4 Å². The summed E-state index contributed by atoms with van der Waals surface area (Å²) in [7, 11) is 1.99. The molecule has 73 heavy (non-hydrogen) atoms. The number of likely N-dealkylation sites (N-methyl/N-ethyl adjacent to an activating group) is 1. The molecular weight excluding hydrogens is 917 g/mol. The van der Waals surface area contributed by atoms with Gasteiger partial charge in [0.25, 0.3) is 5.60 Å². The van der Waals surface area contributed by atoms with Gasteiger partial charge in [-0.1, -0.05) is 80.8 Å². The van der Waals surface area contributed by atoms with E-state index in [1.807, 2.05) is 38.4 Å². The first-order valence-corrected chi connectivity index (χ1v) is 28.0. The minimum absolute atomic E-state index is 0.0614. The fraction of sp³-hybridized carbons (Fsp3) is 0.617. The van der Waals surface area contributed by atoms with Crippen LogP contribution in [-0.4, -0.2) is 96.3 Å². The largest absolute Gasteiger partial charge is 0.459 e. The molecule has 4 bridgehead atoms. The second-order valence-corrected chi connectivity index (χ2v) is 24.0. The minimum atomic E-state index is -2.26. The van der Waals surface area contributed by atoms with Crippen molar-refractivity contribution in [2.24, 2.45) is 46.7 Å².